The van der Waals surface area contributed by atoms with Crippen molar-refractivity contribution >= 4 is 23.6 Å². The largest absolute Gasteiger partial charge is 0.481 e. The van der Waals surface area contributed by atoms with Gasteiger partial charge >= 0.3 is 5.97 Å². The molecule has 1 unspecified atom stereocenters. The van der Waals surface area contributed by atoms with Gasteiger partial charge in [0, 0.05) is 4.90 Å². The van der Waals surface area contributed by atoms with E-state index in [-0.39, 0.29) is 18.1 Å². The Labute approximate surface area is 146 Å². The van der Waals surface area contributed by atoms with E-state index in [9.17, 15) is 9.59 Å². The lowest BCUT2D eigenvalue weighted by Gasteiger charge is -2.19. The first-order valence-corrected chi connectivity index (χ1v) is 8.70. The van der Waals surface area contributed by atoms with Crippen molar-refractivity contribution in [2.45, 2.75) is 31.2 Å². The molecule has 0 aromatic heterocycles. The molecule has 2 rings (SSSR count). The molecule has 1 atom stereocenters. The third-order valence-electron chi connectivity index (χ3n) is 3.67. The van der Waals surface area contributed by atoms with Crippen LogP contribution in [0.1, 0.15) is 29.2 Å². The Morgan fingerprint density at radius 2 is 1.75 bits per heavy atom. The average Bonchev–Trinajstić information content (AvgIpc) is 2.54. The van der Waals surface area contributed by atoms with Crippen LogP contribution in [0.3, 0.4) is 0 Å². The molecule has 2 N–H and O–H groups in total. The maximum absolute atomic E-state index is 12.2. The fourth-order valence-corrected chi connectivity index (χ4v) is 3.12. The summed E-state index contributed by atoms with van der Waals surface area (Å²) < 4.78 is 0. The summed E-state index contributed by atoms with van der Waals surface area (Å²) >= 11 is 1.44. The van der Waals surface area contributed by atoms with Gasteiger partial charge in [-0.15, -0.1) is 11.8 Å². The third-order valence-corrected chi connectivity index (χ3v) is 4.68. The zero-order chi connectivity index (χ0) is 17.5. The quantitative estimate of drug-likeness (QED) is 0.752. The maximum Gasteiger partial charge on any atom is 0.305 e. The molecule has 0 radical (unpaired) electrons. The number of hydrogen-bond donors (Lipinski definition) is 2. The van der Waals surface area contributed by atoms with E-state index < -0.39 is 12.0 Å². The summed E-state index contributed by atoms with van der Waals surface area (Å²) in [4.78, 5) is 24.4. The highest BCUT2D eigenvalue weighted by molar-refractivity contribution is 8.00. The van der Waals surface area contributed by atoms with Crippen LogP contribution >= 0.6 is 11.8 Å². The van der Waals surface area contributed by atoms with E-state index in [1.54, 1.807) is 0 Å². The topological polar surface area (TPSA) is 66.4 Å². The monoisotopic (exact) mass is 343 g/mol. The number of carboxylic acid groups (broad SMARTS) is 1. The van der Waals surface area contributed by atoms with Gasteiger partial charge in [-0.05, 0) is 37.1 Å². The number of amides is 1. The molecule has 0 saturated heterocycles. The lowest BCUT2D eigenvalue weighted by atomic mass is 9.99. The molecular formula is C19H21NO3S. The normalized spacial score (nSPS) is 11.8. The molecule has 126 valence electrons. The third kappa shape index (κ3) is 5.42. The number of hydrogen-bond acceptors (Lipinski definition) is 3. The van der Waals surface area contributed by atoms with Gasteiger partial charge in [0.15, 0.2) is 0 Å². The van der Waals surface area contributed by atoms with Crippen LogP contribution in [0, 0.1) is 13.8 Å². The van der Waals surface area contributed by atoms with Crippen molar-refractivity contribution in [3.63, 3.8) is 0 Å². The fraction of sp³-hybridized carbons (Fsp3) is 0.263. The Kier molecular flexibility index (Phi) is 6.44. The fourth-order valence-electron chi connectivity index (χ4n) is 2.41. The number of thioether (sulfide) groups is 1. The minimum Gasteiger partial charge on any atom is -0.481 e. The first-order valence-electron chi connectivity index (χ1n) is 7.72. The van der Waals surface area contributed by atoms with Crippen LogP contribution < -0.4 is 5.32 Å². The number of carbonyl (C=O) groups excluding carboxylic acids is 1. The van der Waals surface area contributed by atoms with Gasteiger partial charge in [-0.2, -0.15) is 0 Å². The number of aryl methyl sites for hydroxylation is 2. The van der Waals surface area contributed by atoms with E-state index in [2.05, 4.69) is 5.32 Å². The zero-order valence-corrected chi connectivity index (χ0v) is 14.6. The molecule has 0 aliphatic heterocycles. The van der Waals surface area contributed by atoms with E-state index in [0.29, 0.717) is 0 Å². The molecule has 0 spiro atoms. The van der Waals surface area contributed by atoms with Crippen molar-refractivity contribution in [1.82, 2.24) is 5.32 Å². The van der Waals surface area contributed by atoms with Crippen molar-refractivity contribution in [2.75, 3.05) is 5.75 Å². The Bertz CT molecular complexity index is 713. The van der Waals surface area contributed by atoms with Gasteiger partial charge in [-0.1, -0.05) is 42.0 Å². The summed E-state index contributed by atoms with van der Waals surface area (Å²) in [5.41, 5.74) is 2.98. The molecule has 5 heteroatoms. The molecule has 0 aliphatic rings. The number of carboxylic acids is 1. The summed E-state index contributed by atoms with van der Waals surface area (Å²) in [6.45, 7) is 3.93. The predicted octanol–water partition coefficient (Wildman–Crippen LogP) is 3.73. The summed E-state index contributed by atoms with van der Waals surface area (Å²) in [5, 5.41) is 12.0. The van der Waals surface area contributed by atoms with E-state index >= 15 is 0 Å². The van der Waals surface area contributed by atoms with Crippen molar-refractivity contribution in [3.05, 3.63) is 65.2 Å². The first kappa shape index (κ1) is 18.1. The van der Waals surface area contributed by atoms with Crippen LogP contribution in [-0.4, -0.2) is 22.7 Å². The van der Waals surface area contributed by atoms with Gasteiger partial charge < -0.3 is 10.4 Å². The Balaban J connectivity index is 2.00. The molecule has 0 saturated carbocycles. The van der Waals surface area contributed by atoms with Crippen molar-refractivity contribution in [1.29, 1.82) is 0 Å². The lowest BCUT2D eigenvalue weighted by Crippen LogP contribution is -2.31. The van der Waals surface area contributed by atoms with Crippen molar-refractivity contribution in [3.8, 4) is 0 Å². The second-order valence-electron chi connectivity index (χ2n) is 5.68. The molecule has 24 heavy (non-hydrogen) atoms. The van der Waals surface area contributed by atoms with Crippen LogP contribution in [-0.2, 0) is 9.59 Å². The number of rotatable bonds is 7. The number of benzene rings is 2. The minimum atomic E-state index is -0.935. The standard InChI is InChI=1S/C19H21NO3S/c1-13-7-9-15(10-8-13)24-12-18(21)20-17(11-19(22)23)16-6-4-3-5-14(16)2/h3-10,17H,11-12H2,1-2H3,(H,20,21)(H,22,23). The summed E-state index contributed by atoms with van der Waals surface area (Å²) in [7, 11) is 0. The van der Waals surface area contributed by atoms with Gasteiger partial charge in [-0.25, -0.2) is 0 Å². The highest BCUT2D eigenvalue weighted by Gasteiger charge is 2.19. The molecule has 4 nitrogen and oxygen atoms in total. The molecule has 0 bridgehead atoms. The van der Waals surface area contributed by atoms with Crippen LogP contribution in [0.2, 0.25) is 0 Å². The molecular weight excluding hydrogens is 322 g/mol. The van der Waals surface area contributed by atoms with Crippen LogP contribution in [0.5, 0.6) is 0 Å². The highest BCUT2D eigenvalue weighted by atomic mass is 32.2. The molecule has 2 aromatic carbocycles. The van der Waals surface area contributed by atoms with E-state index in [0.717, 1.165) is 16.0 Å². The van der Waals surface area contributed by atoms with Crippen LogP contribution in [0.15, 0.2) is 53.4 Å². The SMILES string of the molecule is Cc1ccc(SCC(=O)NC(CC(=O)O)c2ccccc2C)cc1. The molecule has 0 heterocycles. The summed E-state index contributed by atoms with van der Waals surface area (Å²) in [6, 6.07) is 15.0. The second-order valence-corrected chi connectivity index (χ2v) is 6.73. The minimum absolute atomic E-state index is 0.133. The predicted molar refractivity (Wildman–Crippen MR) is 96.2 cm³/mol. The molecule has 2 aromatic rings. The van der Waals surface area contributed by atoms with Crippen molar-refractivity contribution in [2.24, 2.45) is 0 Å². The van der Waals surface area contributed by atoms with E-state index in [4.69, 9.17) is 5.11 Å². The van der Waals surface area contributed by atoms with Gasteiger partial charge in [-0.3, -0.25) is 9.59 Å². The van der Waals surface area contributed by atoms with Crippen molar-refractivity contribution < 1.29 is 14.7 Å². The second kappa shape index (κ2) is 8.55. The van der Waals surface area contributed by atoms with Gasteiger partial charge in [0.25, 0.3) is 0 Å². The Morgan fingerprint density at radius 1 is 1.08 bits per heavy atom. The van der Waals surface area contributed by atoms with E-state index in [1.807, 2.05) is 62.4 Å². The number of nitrogens with one attached hydrogen (secondary N) is 1. The average molecular weight is 343 g/mol. The lowest BCUT2D eigenvalue weighted by molar-refractivity contribution is -0.137. The molecule has 0 fully saturated rings. The summed E-state index contributed by atoms with van der Waals surface area (Å²) in [6.07, 6.45) is -0.133. The molecule has 0 aliphatic carbocycles. The number of aliphatic carboxylic acids is 1. The zero-order valence-electron chi connectivity index (χ0n) is 13.8. The van der Waals surface area contributed by atoms with Gasteiger partial charge in [0.05, 0.1) is 18.2 Å². The van der Waals surface area contributed by atoms with Crippen LogP contribution in [0.25, 0.3) is 0 Å². The Hall–Kier alpha value is -2.27. The smallest absolute Gasteiger partial charge is 0.305 e. The van der Waals surface area contributed by atoms with E-state index in [1.165, 1.54) is 17.3 Å². The highest BCUT2D eigenvalue weighted by Crippen LogP contribution is 2.22. The molecule has 1 amide bonds. The van der Waals surface area contributed by atoms with Gasteiger partial charge in [0.1, 0.15) is 0 Å². The Morgan fingerprint density at radius 3 is 2.38 bits per heavy atom. The first-order chi connectivity index (χ1) is 11.5. The maximum atomic E-state index is 12.2. The summed E-state index contributed by atoms with van der Waals surface area (Å²) in [5.74, 6) is -0.852. The number of carbonyl (C=O) groups is 2. The van der Waals surface area contributed by atoms with Gasteiger partial charge in [0.2, 0.25) is 5.91 Å². The van der Waals surface area contributed by atoms with Crippen LogP contribution in [0.4, 0.5) is 0 Å².